The van der Waals surface area contributed by atoms with Gasteiger partial charge in [-0.15, -0.1) is 0 Å². The third-order valence-corrected chi connectivity index (χ3v) is 2.61. The topological polar surface area (TPSA) is 56.7 Å². The summed E-state index contributed by atoms with van der Waals surface area (Å²) >= 11 is 0. The number of hydrogen-bond donors (Lipinski definition) is 1. The highest BCUT2D eigenvalue weighted by molar-refractivity contribution is 5.67. The molecule has 0 atom stereocenters. The van der Waals surface area contributed by atoms with Gasteiger partial charge in [0.25, 0.3) is 0 Å². The normalized spacial score (nSPS) is 10.1. The minimum absolute atomic E-state index is 0.0999. The van der Waals surface area contributed by atoms with Crippen molar-refractivity contribution in [3.05, 3.63) is 30.5 Å². The number of nitrogens with zero attached hydrogens (tertiary/aromatic N) is 3. The lowest BCUT2D eigenvalue weighted by atomic mass is 10.2. The number of carboxylic acids is 1. The number of hydrogen-bond acceptors (Lipinski definition) is 4. The molecule has 1 aromatic rings. The predicted molar refractivity (Wildman–Crippen MR) is 77.8 cm³/mol. The smallest absolute Gasteiger partial charge is 0.305 e. The van der Waals surface area contributed by atoms with Gasteiger partial charge in [0, 0.05) is 27.2 Å². The maximum atomic E-state index is 10.7. The molecule has 0 amide bonds. The van der Waals surface area contributed by atoms with Crippen LogP contribution in [0.15, 0.2) is 30.5 Å². The van der Waals surface area contributed by atoms with Crippen LogP contribution in [0, 0.1) is 0 Å². The number of aromatic nitrogens is 1. The first-order valence-corrected chi connectivity index (χ1v) is 6.14. The van der Waals surface area contributed by atoms with Gasteiger partial charge in [-0.1, -0.05) is 12.2 Å². The largest absolute Gasteiger partial charge is 0.481 e. The van der Waals surface area contributed by atoms with Crippen molar-refractivity contribution in [1.29, 1.82) is 0 Å². The summed E-state index contributed by atoms with van der Waals surface area (Å²) in [6, 6.07) is 3.87. The van der Waals surface area contributed by atoms with E-state index in [1.165, 1.54) is 0 Å². The van der Waals surface area contributed by atoms with E-state index in [1.54, 1.807) is 6.20 Å². The Labute approximate surface area is 114 Å². The number of rotatable bonds is 7. The maximum absolute atomic E-state index is 10.7. The first-order chi connectivity index (χ1) is 8.90. The molecular weight excluding hydrogens is 242 g/mol. The van der Waals surface area contributed by atoms with Crippen LogP contribution in [0.1, 0.15) is 13.3 Å². The second-order valence-electron chi connectivity index (χ2n) is 4.79. The van der Waals surface area contributed by atoms with E-state index in [2.05, 4.69) is 11.6 Å². The minimum Gasteiger partial charge on any atom is -0.481 e. The van der Waals surface area contributed by atoms with Crippen LogP contribution < -0.4 is 9.80 Å². The molecule has 5 heteroatoms. The Kier molecular flexibility index (Phi) is 5.36. The van der Waals surface area contributed by atoms with Gasteiger partial charge in [-0.05, 0) is 19.1 Å². The van der Waals surface area contributed by atoms with Gasteiger partial charge in [-0.3, -0.25) is 4.79 Å². The van der Waals surface area contributed by atoms with E-state index in [9.17, 15) is 4.79 Å². The van der Waals surface area contributed by atoms with E-state index in [-0.39, 0.29) is 6.42 Å². The lowest BCUT2D eigenvalue weighted by molar-refractivity contribution is -0.136. The third-order valence-electron chi connectivity index (χ3n) is 2.61. The number of carbonyl (C=O) groups is 1. The Morgan fingerprint density at radius 1 is 1.42 bits per heavy atom. The maximum Gasteiger partial charge on any atom is 0.305 e. The molecule has 1 N–H and O–H groups in total. The third kappa shape index (κ3) is 4.99. The zero-order valence-electron chi connectivity index (χ0n) is 11.8. The average Bonchev–Trinajstić information content (AvgIpc) is 2.34. The van der Waals surface area contributed by atoms with E-state index in [1.807, 2.05) is 43.0 Å². The number of pyridine rings is 1. The Morgan fingerprint density at radius 2 is 2.11 bits per heavy atom. The second kappa shape index (κ2) is 6.78. The van der Waals surface area contributed by atoms with Crippen LogP contribution in [0.2, 0.25) is 0 Å². The zero-order chi connectivity index (χ0) is 14.4. The van der Waals surface area contributed by atoms with Crippen LogP contribution in [-0.4, -0.2) is 43.2 Å². The van der Waals surface area contributed by atoms with Crippen LogP contribution in [0.3, 0.4) is 0 Å². The van der Waals surface area contributed by atoms with E-state index in [0.29, 0.717) is 13.1 Å². The highest BCUT2D eigenvalue weighted by Crippen LogP contribution is 2.17. The zero-order valence-corrected chi connectivity index (χ0v) is 11.8. The minimum atomic E-state index is -0.801. The fourth-order valence-electron chi connectivity index (χ4n) is 1.69. The highest BCUT2D eigenvalue weighted by Gasteiger charge is 2.09. The SMILES string of the molecule is C=C(C)CN(CCC(=O)O)c1ccc(N(C)C)nc1. The quantitative estimate of drug-likeness (QED) is 0.763. The molecule has 1 rings (SSSR count). The summed E-state index contributed by atoms with van der Waals surface area (Å²) in [4.78, 5) is 18.9. The molecule has 0 aromatic carbocycles. The summed E-state index contributed by atoms with van der Waals surface area (Å²) in [7, 11) is 3.86. The summed E-state index contributed by atoms with van der Waals surface area (Å²) in [5.74, 6) is 0.0712. The van der Waals surface area contributed by atoms with Crippen LogP contribution in [0.4, 0.5) is 11.5 Å². The Balaban J connectivity index is 2.83. The molecule has 0 spiro atoms. The molecule has 5 nitrogen and oxygen atoms in total. The van der Waals surface area contributed by atoms with E-state index in [4.69, 9.17) is 5.11 Å². The molecule has 0 radical (unpaired) electrons. The molecule has 1 heterocycles. The predicted octanol–water partition coefficient (Wildman–Crippen LogP) is 2.00. The number of aliphatic carboxylic acids is 1. The Morgan fingerprint density at radius 3 is 2.53 bits per heavy atom. The fourth-order valence-corrected chi connectivity index (χ4v) is 1.69. The van der Waals surface area contributed by atoms with Crippen LogP contribution in [0.25, 0.3) is 0 Å². The first-order valence-electron chi connectivity index (χ1n) is 6.14. The number of anilines is 2. The van der Waals surface area contributed by atoms with Crippen molar-refractivity contribution in [3.8, 4) is 0 Å². The van der Waals surface area contributed by atoms with Gasteiger partial charge in [0.15, 0.2) is 0 Å². The van der Waals surface area contributed by atoms with Gasteiger partial charge in [0.05, 0.1) is 18.3 Å². The van der Waals surface area contributed by atoms with Crippen molar-refractivity contribution < 1.29 is 9.90 Å². The molecule has 0 aliphatic rings. The summed E-state index contributed by atoms with van der Waals surface area (Å²) < 4.78 is 0. The van der Waals surface area contributed by atoms with Gasteiger partial charge in [-0.2, -0.15) is 0 Å². The van der Waals surface area contributed by atoms with Crippen molar-refractivity contribution in [2.45, 2.75) is 13.3 Å². The van der Waals surface area contributed by atoms with E-state index >= 15 is 0 Å². The van der Waals surface area contributed by atoms with Crippen LogP contribution >= 0.6 is 0 Å². The molecule has 0 saturated carbocycles. The van der Waals surface area contributed by atoms with Crippen molar-refractivity contribution in [3.63, 3.8) is 0 Å². The molecule has 0 aliphatic heterocycles. The molecule has 1 aromatic heterocycles. The van der Waals surface area contributed by atoms with E-state index < -0.39 is 5.97 Å². The highest BCUT2D eigenvalue weighted by atomic mass is 16.4. The van der Waals surface area contributed by atoms with Crippen LogP contribution in [0.5, 0.6) is 0 Å². The van der Waals surface area contributed by atoms with Gasteiger partial charge in [-0.25, -0.2) is 4.98 Å². The van der Waals surface area contributed by atoms with Crippen LogP contribution in [-0.2, 0) is 4.79 Å². The van der Waals surface area contributed by atoms with Gasteiger partial charge >= 0.3 is 5.97 Å². The summed E-state index contributed by atoms with van der Waals surface area (Å²) in [6.07, 6.45) is 1.86. The average molecular weight is 263 g/mol. The molecule has 0 saturated heterocycles. The van der Waals surface area contributed by atoms with Gasteiger partial charge in [0.2, 0.25) is 0 Å². The molecular formula is C14H21N3O2. The van der Waals surface area contributed by atoms with Crippen molar-refractivity contribution in [1.82, 2.24) is 4.98 Å². The Bertz CT molecular complexity index is 441. The van der Waals surface area contributed by atoms with Crippen molar-refractivity contribution in [2.75, 3.05) is 37.0 Å². The standard InChI is InChI=1S/C14H21N3O2/c1-11(2)10-17(8-7-14(18)19)12-5-6-13(15-9-12)16(3)4/h5-6,9H,1,7-8,10H2,2-4H3,(H,18,19). The number of carboxylic acid groups (broad SMARTS) is 1. The van der Waals surface area contributed by atoms with Gasteiger partial charge in [0.1, 0.15) is 5.82 Å². The molecule has 19 heavy (non-hydrogen) atoms. The lowest BCUT2D eigenvalue weighted by Crippen LogP contribution is -2.28. The lowest BCUT2D eigenvalue weighted by Gasteiger charge is -2.24. The van der Waals surface area contributed by atoms with Crippen molar-refractivity contribution in [2.24, 2.45) is 0 Å². The fraction of sp³-hybridized carbons (Fsp3) is 0.429. The Hall–Kier alpha value is -2.04. The molecule has 0 fully saturated rings. The molecule has 0 bridgehead atoms. The summed E-state index contributed by atoms with van der Waals surface area (Å²) in [5, 5.41) is 8.79. The first kappa shape index (κ1) is 15.0. The monoisotopic (exact) mass is 263 g/mol. The summed E-state index contributed by atoms with van der Waals surface area (Å²) in [5.41, 5.74) is 1.90. The van der Waals surface area contributed by atoms with E-state index in [0.717, 1.165) is 17.1 Å². The molecule has 0 aliphatic carbocycles. The van der Waals surface area contributed by atoms with Crippen molar-refractivity contribution >= 4 is 17.5 Å². The molecule has 0 unspecified atom stereocenters. The summed E-state index contributed by atoms with van der Waals surface area (Å²) in [6.45, 7) is 6.89. The second-order valence-corrected chi connectivity index (χ2v) is 4.79. The van der Waals surface area contributed by atoms with Gasteiger partial charge < -0.3 is 14.9 Å². The molecule has 104 valence electrons.